The Kier molecular flexibility index (Phi) is 26.2. The number of hydrogen-bond donors (Lipinski definition) is 8. The molecule has 0 spiro atoms. The summed E-state index contributed by atoms with van der Waals surface area (Å²) in [5.41, 5.74) is 16.6. The third-order valence-corrected chi connectivity index (χ3v) is 12.2. The number of carboxylic acids is 2. The first kappa shape index (κ1) is 62.9. The summed E-state index contributed by atoms with van der Waals surface area (Å²) >= 11 is 0. The second kappa shape index (κ2) is 30.8. The van der Waals surface area contributed by atoms with Gasteiger partial charge in [-0.05, 0) is 100 Å². The summed E-state index contributed by atoms with van der Waals surface area (Å²) in [5, 5.41) is 27.5. The number of urea groups is 2. The molecular formula is C56H78N6O12. The van der Waals surface area contributed by atoms with E-state index in [1.807, 2.05) is 140 Å². The minimum absolute atomic E-state index is 0.174. The predicted molar refractivity (Wildman–Crippen MR) is 285 cm³/mol. The van der Waals surface area contributed by atoms with Crippen molar-refractivity contribution in [1.82, 2.24) is 21.3 Å². The zero-order chi connectivity index (χ0) is 55.8. The number of allylic oxidation sites excluding steroid dienone is 20. The highest BCUT2D eigenvalue weighted by Gasteiger charge is 2.41. The van der Waals surface area contributed by atoms with Crippen LogP contribution in [-0.2, 0) is 38.2 Å². The van der Waals surface area contributed by atoms with Crippen LogP contribution in [0, 0.1) is 10.8 Å². The van der Waals surface area contributed by atoms with Crippen molar-refractivity contribution in [3.8, 4) is 0 Å². The summed E-state index contributed by atoms with van der Waals surface area (Å²) in [6.45, 7) is 18.7. The summed E-state index contributed by atoms with van der Waals surface area (Å²) in [6.07, 6.45) is 27.1. The van der Waals surface area contributed by atoms with Crippen molar-refractivity contribution in [3.05, 3.63) is 130 Å². The zero-order valence-electron chi connectivity index (χ0n) is 44.6. The standard InChI is InChI=1S/C56H78N6O12/c1-35(19-13-21-37(3)25-27-41-39(5)49(65)45(31-55(41,7)8)73-47(63)33-61-53(71)59-29-15-23-43(57)51(67)68)17-11-12-18-36(2)20-14-22-38(4)26-28-42-40(6)50(66)46(32-56(42,9)10)74-48(64)34-62-54(72)60-30-16-24-44(58)52(69)70/h11-14,17-22,25-28,43-46H,15-16,23-24,29-34,57-58H2,1-10H3,(H,67,68)(H,69,70)(H2,59,61,71)(H2,60,62,72). The Labute approximate surface area is 435 Å². The molecule has 18 nitrogen and oxygen atoms in total. The van der Waals surface area contributed by atoms with Gasteiger partial charge in [0.1, 0.15) is 25.2 Å². The molecule has 2 aliphatic carbocycles. The molecule has 0 saturated heterocycles. The van der Waals surface area contributed by atoms with Crippen LogP contribution in [0.2, 0.25) is 0 Å². The largest absolute Gasteiger partial charge is 0.480 e. The van der Waals surface area contributed by atoms with Gasteiger partial charge in [-0.1, -0.05) is 135 Å². The van der Waals surface area contributed by atoms with Gasteiger partial charge in [-0.15, -0.1) is 0 Å². The Bertz CT molecular complexity index is 2280. The molecule has 0 aromatic heterocycles. The van der Waals surface area contributed by atoms with E-state index in [0.29, 0.717) is 24.0 Å². The maximum Gasteiger partial charge on any atom is 0.326 e. The van der Waals surface area contributed by atoms with Crippen LogP contribution in [0.5, 0.6) is 0 Å². The average Bonchev–Trinajstić information content (AvgIpc) is 3.31. The van der Waals surface area contributed by atoms with Crippen LogP contribution in [0.15, 0.2) is 130 Å². The van der Waals surface area contributed by atoms with Gasteiger partial charge in [0, 0.05) is 25.9 Å². The Morgan fingerprint density at radius 3 is 1.23 bits per heavy atom. The molecule has 18 heteroatoms. The van der Waals surface area contributed by atoms with E-state index >= 15 is 0 Å². The van der Waals surface area contributed by atoms with Crippen molar-refractivity contribution in [2.75, 3.05) is 26.2 Å². The quantitative estimate of drug-likeness (QED) is 0.0246. The fourth-order valence-corrected chi connectivity index (χ4v) is 7.88. The number of aliphatic carboxylic acids is 2. The minimum atomic E-state index is -1.12. The second-order valence-corrected chi connectivity index (χ2v) is 19.7. The molecule has 0 saturated carbocycles. The highest BCUT2D eigenvalue weighted by Crippen LogP contribution is 2.42. The van der Waals surface area contributed by atoms with Crippen molar-refractivity contribution in [3.63, 3.8) is 0 Å². The molecule has 0 aromatic rings. The number of carbonyl (C=O) groups excluding carboxylic acids is 6. The molecule has 10 N–H and O–H groups in total. The molecule has 0 aliphatic heterocycles. The number of nitrogens with one attached hydrogen (secondary N) is 4. The molecule has 4 unspecified atom stereocenters. The lowest BCUT2D eigenvalue weighted by Crippen LogP contribution is -2.43. The van der Waals surface area contributed by atoms with Crippen LogP contribution in [0.4, 0.5) is 9.59 Å². The highest BCUT2D eigenvalue weighted by atomic mass is 16.6. The lowest BCUT2D eigenvalue weighted by Gasteiger charge is -2.36. The number of esters is 2. The number of Topliss-reactive ketones (excluding diaryl/α,β-unsaturated/α-hetero) is 2. The molecule has 0 radical (unpaired) electrons. The fourth-order valence-electron chi connectivity index (χ4n) is 7.88. The number of hydrogen-bond acceptors (Lipinski definition) is 12. The molecule has 74 heavy (non-hydrogen) atoms. The van der Waals surface area contributed by atoms with Crippen molar-refractivity contribution in [2.24, 2.45) is 22.3 Å². The first-order valence-electron chi connectivity index (χ1n) is 24.6. The van der Waals surface area contributed by atoms with Gasteiger partial charge in [-0.2, -0.15) is 0 Å². The monoisotopic (exact) mass is 1030 g/mol. The Morgan fingerprint density at radius 2 is 0.892 bits per heavy atom. The molecule has 0 bridgehead atoms. The van der Waals surface area contributed by atoms with Gasteiger partial charge in [0.05, 0.1) is 0 Å². The van der Waals surface area contributed by atoms with Crippen LogP contribution < -0.4 is 32.7 Å². The number of carbonyl (C=O) groups is 8. The number of carboxylic acid groups (broad SMARTS) is 2. The van der Waals surface area contributed by atoms with Crippen molar-refractivity contribution in [2.45, 2.75) is 132 Å². The Hall–Kier alpha value is -7.18. The lowest BCUT2D eigenvalue weighted by atomic mass is 9.71. The predicted octanol–water partition coefficient (Wildman–Crippen LogP) is 6.99. The molecule has 404 valence electrons. The summed E-state index contributed by atoms with van der Waals surface area (Å²) in [4.78, 5) is 97.3. The first-order valence-corrected chi connectivity index (χ1v) is 24.6. The van der Waals surface area contributed by atoms with E-state index in [1.54, 1.807) is 13.8 Å². The second-order valence-electron chi connectivity index (χ2n) is 19.7. The first-order chi connectivity index (χ1) is 34.6. The maximum absolute atomic E-state index is 13.3. The molecule has 0 fully saturated rings. The highest BCUT2D eigenvalue weighted by molar-refractivity contribution is 6.02. The van der Waals surface area contributed by atoms with Crippen molar-refractivity contribution >= 4 is 47.5 Å². The van der Waals surface area contributed by atoms with Gasteiger partial charge in [-0.25, -0.2) is 9.59 Å². The van der Waals surface area contributed by atoms with Crippen molar-refractivity contribution < 1.29 is 58.0 Å². The minimum Gasteiger partial charge on any atom is -0.480 e. The zero-order valence-corrected chi connectivity index (χ0v) is 44.6. The van der Waals surface area contributed by atoms with Crippen LogP contribution in [0.25, 0.3) is 0 Å². The molecule has 2 rings (SSSR count). The smallest absolute Gasteiger partial charge is 0.326 e. The summed E-state index contributed by atoms with van der Waals surface area (Å²) in [7, 11) is 0. The number of amides is 4. The Balaban J connectivity index is 1.89. The third kappa shape index (κ3) is 22.7. The summed E-state index contributed by atoms with van der Waals surface area (Å²) in [6, 6.07) is -3.29. The van der Waals surface area contributed by atoms with E-state index in [9.17, 15) is 38.4 Å². The fraction of sp³-hybridized carbons (Fsp3) is 0.464. The molecule has 0 aromatic carbocycles. The Morgan fingerprint density at radius 1 is 0.568 bits per heavy atom. The topological polar surface area (TPSA) is 296 Å². The summed E-state index contributed by atoms with van der Waals surface area (Å²) < 4.78 is 11.0. The van der Waals surface area contributed by atoms with Gasteiger partial charge >= 0.3 is 35.9 Å². The molecular weight excluding hydrogens is 949 g/mol. The molecule has 4 atom stereocenters. The van der Waals surface area contributed by atoms with Crippen LogP contribution >= 0.6 is 0 Å². The molecule has 2 aliphatic rings. The van der Waals surface area contributed by atoms with Gasteiger partial charge in [-0.3, -0.25) is 28.8 Å². The molecule has 0 heterocycles. The van der Waals surface area contributed by atoms with E-state index < -0.39 is 84.2 Å². The van der Waals surface area contributed by atoms with Gasteiger partial charge < -0.3 is 52.4 Å². The van der Waals surface area contributed by atoms with Crippen molar-refractivity contribution in [1.29, 1.82) is 0 Å². The number of rotatable bonds is 26. The van der Waals surface area contributed by atoms with Crippen LogP contribution in [0.3, 0.4) is 0 Å². The summed E-state index contributed by atoms with van der Waals surface area (Å²) in [5.74, 6) is -4.34. The van der Waals surface area contributed by atoms with Crippen LogP contribution in [0.1, 0.15) is 108 Å². The molecule has 4 amide bonds. The van der Waals surface area contributed by atoms with E-state index in [1.165, 1.54) is 0 Å². The number of ketones is 2. The SMILES string of the molecule is CC(C=CC=C(C)C=CC1=C(C)C(=O)C(OC(=O)CNC(=O)NCCCC(N)C(=O)O)CC1(C)C)=CC=CC=C(C)C=CC=C(C)C=CC1=C(C)C(=O)C(OC(=O)CNC(=O)NCCCC(N)C(=O)O)CC1(C)C. The normalized spacial score (nSPS) is 19.7. The van der Waals surface area contributed by atoms with Gasteiger partial charge in [0.2, 0.25) is 0 Å². The van der Waals surface area contributed by atoms with E-state index in [0.717, 1.165) is 33.4 Å². The van der Waals surface area contributed by atoms with E-state index in [2.05, 4.69) is 21.3 Å². The lowest BCUT2D eigenvalue weighted by molar-refractivity contribution is -0.155. The maximum atomic E-state index is 13.3. The van der Waals surface area contributed by atoms with Gasteiger partial charge in [0.25, 0.3) is 0 Å². The van der Waals surface area contributed by atoms with E-state index in [-0.39, 0.29) is 50.3 Å². The van der Waals surface area contributed by atoms with E-state index in [4.69, 9.17) is 31.2 Å². The number of nitrogens with two attached hydrogens (primary N) is 2. The average molecular weight is 1030 g/mol. The number of ether oxygens (including phenoxy) is 2. The van der Waals surface area contributed by atoms with Crippen LogP contribution in [-0.4, -0.2) is 108 Å². The third-order valence-electron chi connectivity index (χ3n) is 12.2. The van der Waals surface area contributed by atoms with Gasteiger partial charge in [0.15, 0.2) is 23.8 Å².